The first-order valence-electron chi connectivity index (χ1n) is 6.94. The molecular formula is C18H18N2O. The topological polar surface area (TPSA) is 41.5 Å². The average Bonchev–Trinajstić information content (AvgIpc) is 2.56. The SMILES string of the molecule is CCC(/C=C\c1ccccc1)=N/NC(=O)c1ccccc1. The molecule has 2 rings (SSSR count). The summed E-state index contributed by atoms with van der Waals surface area (Å²) >= 11 is 0. The number of benzene rings is 2. The number of hydrogen-bond acceptors (Lipinski definition) is 2. The Hall–Kier alpha value is -2.68. The third-order valence-corrected chi connectivity index (χ3v) is 2.97. The third kappa shape index (κ3) is 4.73. The van der Waals surface area contributed by atoms with Crippen molar-refractivity contribution in [2.45, 2.75) is 13.3 Å². The Kier molecular flexibility index (Phi) is 5.47. The highest BCUT2D eigenvalue weighted by Crippen LogP contribution is 2.02. The van der Waals surface area contributed by atoms with Crippen LogP contribution >= 0.6 is 0 Å². The van der Waals surface area contributed by atoms with Gasteiger partial charge < -0.3 is 0 Å². The van der Waals surface area contributed by atoms with Crippen molar-refractivity contribution in [3.05, 3.63) is 77.9 Å². The van der Waals surface area contributed by atoms with Gasteiger partial charge in [-0.25, -0.2) is 5.43 Å². The average molecular weight is 278 g/mol. The first-order valence-corrected chi connectivity index (χ1v) is 6.94. The van der Waals surface area contributed by atoms with Crippen molar-refractivity contribution in [3.63, 3.8) is 0 Å². The summed E-state index contributed by atoms with van der Waals surface area (Å²) in [6, 6.07) is 19.0. The molecule has 0 unspecified atom stereocenters. The van der Waals surface area contributed by atoms with Crippen molar-refractivity contribution in [3.8, 4) is 0 Å². The van der Waals surface area contributed by atoms with Crippen LogP contribution in [0.5, 0.6) is 0 Å². The summed E-state index contributed by atoms with van der Waals surface area (Å²) in [5, 5.41) is 4.16. The van der Waals surface area contributed by atoms with Gasteiger partial charge in [0.05, 0.1) is 5.71 Å². The number of amides is 1. The van der Waals surface area contributed by atoms with Gasteiger partial charge in [0.2, 0.25) is 0 Å². The molecule has 0 atom stereocenters. The van der Waals surface area contributed by atoms with Crippen LogP contribution in [0.3, 0.4) is 0 Å². The van der Waals surface area contributed by atoms with E-state index in [1.54, 1.807) is 12.1 Å². The predicted octanol–water partition coefficient (Wildman–Crippen LogP) is 3.90. The van der Waals surface area contributed by atoms with Gasteiger partial charge in [0.25, 0.3) is 5.91 Å². The van der Waals surface area contributed by atoms with Gasteiger partial charge >= 0.3 is 0 Å². The zero-order chi connectivity index (χ0) is 14.9. The molecular weight excluding hydrogens is 260 g/mol. The van der Waals surface area contributed by atoms with E-state index in [0.717, 1.165) is 17.7 Å². The smallest absolute Gasteiger partial charge is 0.267 e. The lowest BCUT2D eigenvalue weighted by Crippen LogP contribution is -2.18. The van der Waals surface area contributed by atoms with Crippen molar-refractivity contribution in [1.82, 2.24) is 5.43 Å². The van der Waals surface area contributed by atoms with Gasteiger partial charge in [-0.15, -0.1) is 0 Å². The Balaban J connectivity index is 2.01. The molecule has 3 heteroatoms. The molecule has 0 radical (unpaired) electrons. The zero-order valence-electron chi connectivity index (χ0n) is 12.0. The van der Waals surface area contributed by atoms with Gasteiger partial charge in [-0.3, -0.25) is 4.79 Å². The van der Waals surface area contributed by atoms with E-state index in [1.165, 1.54) is 0 Å². The molecule has 0 saturated carbocycles. The number of hydrogen-bond donors (Lipinski definition) is 1. The molecule has 0 fully saturated rings. The van der Waals surface area contributed by atoms with Crippen LogP contribution in [0.1, 0.15) is 29.3 Å². The molecule has 106 valence electrons. The Bertz CT molecular complexity index is 631. The highest BCUT2D eigenvalue weighted by Gasteiger charge is 2.02. The molecule has 0 aliphatic heterocycles. The highest BCUT2D eigenvalue weighted by atomic mass is 16.2. The zero-order valence-corrected chi connectivity index (χ0v) is 12.0. The van der Waals surface area contributed by atoms with Crippen LogP contribution in [0.25, 0.3) is 6.08 Å². The molecule has 2 aromatic carbocycles. The Morgan fingerprint density at radius 1 is 1.05 bits per heavy atom. The normalized spacial score (nSPS) is 11.6. The first kappa shape index (κ1) is 14.7. The highest BCUT2D eigenvalue weighted by molar-refractivity contribution is 6.00. The summed E-state index contributed by atoms with van der Waals surface area (Å²) in [6.07, 6.45) is 4.65. The molecule has 21 heavy (non-hydrogen) atoms. The second kappa shape index (κ2) is 7.80. The molecule has 0 spiro atoms. The quantitative estimate of drug-likeness (QED) is 0.654. The predicted molar refractivity (Wildman–Crippen MR) is 87.1 cm³/mol. The van der Waals surface area contributed by atoms with E-state index >= 15 is 0 Å². The second-order valence-electron chi connectivity index (χ2n) is 4.51. The van der Waals surface area contributed by atoms with Crippen LogP contribution in [0.4, 0.5) is 0 Å². The van der Waals surface area contributed by atoms with Crippen molar-refractivity contribution in [2.24, 2.45) is 5.10 Å². The molecule has 0 aliphatic carbocycles. The molecule has 0 bridgehead atoms. The molecule has 2 aromatic rings. The molecule has 0 saturated heterocycles. The van der Waals surface area contributed by atoms with Crippen LogP contribution in [-0.4, -0.2) is 11.6 Å². The molecule has 1 N–H and O–H groups in total. The number of rotatable bonds is 5. The minimum Gasteiger partial charge on any atom is -0.267 e. The van der Waals surface area contributed by atoms with Gasteiger partial charge in [0.1, 0.15) is 0 Å². The summed E-state index contributed by atoms with van der Waals surface area (Å²) in [5.41, 5.74) is 5.11. The Morgan fingerprint density at radius 3 is 2.29 bits per heavy atom. The summed E-state index contributed by atoms with van der Waals surface area (Å²) < 4.78 is 0. The standard InChI is InChI=1S/C18H18N2O/c1-2-17(14-13-15-9-5-3-6-10-15)19-20-18(21)16-11-7-4-8-12-16/h3-14H,2H2,1H3,(H,20,21)/b14-13-,19-17-. The van der Waals surface area contributed by atoms with E-state index in [0.29, 0.717) is 5.56 Å². The van der Waals surface area contributed by atoms with Crippen molar-refractivity contribution in [2.75, 3.05) is 0 Å². The van der Waals surface area contributed by atoms with Crippen LogP contribution in [0.2, 0.25) is 0 Å². The summed E-state index contributed by atoms with van der Waals surface area (Å²) in [4.78, 5) is 11.9. The van der Waals surface area contributed by atoms with Crippen LogP contribution < -0.4 is 5.43 Å². The molecule has 3 nitrogen and oxygen atoms in total. The Labute approximate surface area is 125 Å². The van der Waals surface area contributed by atoms with Gasteiger partial charge in [-0.05, 0) is 30.2 Å². The first-order chi connectivity index (χ1) is 10.3. The van der Waals surface area contributed by atoms with Crippen molar-refractivity contribution < 1.29 is 4.79 Å². The van der Waals surface area contributed by atoms with Gasteiger partial charge in [0, 0.05) is 5.56 Å². The fourth-order valence-corrected chi connectivity index (χ4v) is 1.77. The number of allylic oxidation sites excluding steroid dienone is 1. The third-order valence-electron chi connectivity index (χ3n) is 2.97. The molecule has 0 heterocycles. The van der Waals surface area contributed by atoms with E-state index in [2.05, 4.69) is 10.5 Å². The maximum Gasteiger partial charge on any atom is 0.271 e. The number of carbonyl (C=O) groups is 1. The minimum absolute atomic E-state index is 0.199. The number of nitrogens with one attached hydrogen (secondary N) is 1. The maximum atomic E-state index is 11.9. The van der Waals surface area contributed by atoms with Crippen LogP contribution in [-0.2, 0) is 0 Å². The summed E-state index contributed by atoms with van der Waals surface area (Å²) in [7, 11) is 0. The van der Waals surface area contributed by atoms with Crippen molar-refractivity contribution >= 4 is 17.7 Å². The van der Waals surface area contributed by atoms with Crippen molar-refractivity contribution in [1.29, 1.82) is 0 Å². The van der Waals surface area contributed by atoms with Gasteiger partial charge in [-0.2, -0.15) is 5.10 Å². The molecule has 1 amide bonds. The summed E-state index contributed by atoms with van der Waals surface area (Å²) in [6.45, 7) is 2.00. The van der Waals surface area contributed by atoms with Crippen LogP contribution in [0, 0.1) is 0 Å². The monoisotopic (exact) mass is 278 g/mol. The van der Waals surface area contributed by atoms with E-state index < -0.39 is 0 Å². The van der Waals surface area contributed by atoms with Gasteiger partial charge in [0.15, 0.2) is 0 Å². The maximum absolute atomic E-state index is 11.9. The lowest BCUT2D eigenvalue weighted by Gasteiger charge is -2.01. The fourth-order valence-electron chi connectivity index (χ4n) is 1.77. The van der Waals surface area contributed by atoms with E-state index in [9.17, 15) is 4.79 Å². The lowest BCUT2D eigenvalue weighted by atomic mass is 10.2. The number of hydrazone groups is 1. The van der Waals surface area contributed by atoms with E-state index in [4.69, 9.17) is 0 Å². The van der Waals surface area contributed by atoms with Crippen LogP contribution in [0.15, 0.2) is 71.8 Å². The summed E-state index contributed by atoms with van der Waals surface area (Å²) in [5.74, 6) is -0.199. The second-order valence-corrected chi connectivity index (χ2v) is 4.51. The minimum atomic E-state index is -0.199. The van der Waals surface area contributed by atoms with E-state index in [1.807, 2.05) is 67.6 Å². The number of carbonyl (C=O) groups excluding carboxylic acids is 1. The number of nitrogens with zero attached hydrogens (tertiary/aromatic N) is 1. The molecule has 0 aromatic heterocycles. The van der Waals surface area contributed by atoms with Gasteiger partial charge in [-0.1, -0.05) is 61.5 Å². The molecule has 0 aliphatic rings. The fraction of sp³-hybridized carbons (Fsp3) is 0.111. The van der Waals surface area contributed by atoms with E-state index in [-0.39, 0.29) is 5.91 Å². The largest absolute Gasteiger partial charge is 0.271 e. The lowest BCUT2D eigenvalue weighted by molar-refractivity contribution is 0.0955. The Morgan fingerprint density at radius 2 is 1.67 bits per heavy atom.